The van der Waals surface area contributed by atoms with E-state index in [2.05, 4.69) is 17.1 Å². The van der Waals surface area contributed by atoms with Gasteiger partial charge >= 0.3 is 0 Å². The topological polar surface area (TPSA) is 62.1 Å². The molecule has 1 fully saturated rings. The van der Waals surface area contributed by atoms with Gasteiger partial charge in [0.1, 0.15) is 0 Å². The Balaban J connectivity index is 2.25. The van der Waals surface area contributed by atoms with Crippen LogP contribution in [-0.4, -0.2) is 33.3 Å². The molecular weight excluding hydrogens is 298 g/mol. The summed E-state index contributed by atoms with van der Waals surface area (Å²) < 4.78 is 0. The van der Waals surface area contributed by atoms with Gasteiger partial charge < -0.3 is 0 Å². The Kier molecular flexibility index (Phi) is 5.89. The van der Waals surface area contributed by atoms with Crippen LogP contribution in [0.3, 0.4) is 0 Å². The third-order valence-electron chi connectivity index (χ3n) is 3.21. The molecule has 0 unspecified atom stereocenters. The van der Waals surface area contributed by atoms with Gasteiger partial charge in [0, 0.05) is 11.3 Å². The minimum atomic E-state index is -0.349. The van der Waals surface area contributed by atoms with E-state index in [1.807, 2.05) is 13.0 Å². The van der Waals surface area contributed by atoms with Gasteiger partial charge in [0.25, 0.3) is 5.91 Å². The molecule has 1 aromatic carbocycles. The van der Waals surface area contributed by atoms with Gasteiger partial charge in [-0.2, -0.15) is 5.10 Å². The van der Waals surface area contributed by atoms with Gasteiger partial charge in [-0.15, -0.1) is 5.10 Å². The summed E-state index contributed by atoms with van der Waals surface area (Å²) >= 11 is 1.25. The predicted molar refractivity (Wildman–Crippen MR) is 90.1 cm³/mol. The maximum atomic E-state index is 12.5. The maximum absolute atomic E-state index is 12.5. The molecule has 2 amide bonds. The molecule has 116 valence electrons. The first-order chi connectivity index (χ1) is 10.7. The van der Waals surface area contributed by atoms with E-state index in [0.717, 1.165) is 29.9 Å². The molecule has 0 aliphatic carbocycles. The fourth-order valence-electron chi connectivity index (χ4n) is 2.05. The number of rotatable bonds is 5. The number of hydrogen-bond acceptors (Lipinski definition) is 5. The molecule has 5 nitrogen and oxygen atoms in total. The van der Waals surface area contributed by atoms with Gasteiger partial charge in [0.05, 0.1) is 5.75 Å². The third-order valence-corrected chi connectivity index (χ3v) is 4.13. The van der Waals surface area contributed by atoms with Crippen LogP contribution in [0.2, 0.25) is 0 Å². The molecule has 0 radical (unpaired) electrons. The van der Waals surface area contributed by atoms with Gasteiger partial charge in [0.15, 0.2) is 5.17 Å². The first-order valence-corrected chi connectivity index (χ1v) is 8.34. The Labute approximate surface area is 134 Å². The first-order valence-electron chi connectivity index (χ1n) is 7.35. The lowest BCUT2D eigenvalue weighted by Gasteiger charge is -2.13. The monoisotopic (exact) mass is 317 g/mol. The van der Waals surface area contributed by atoms with E-state index in [4.69, 9.17) is 0 Å². The highest BCUT2D eigenvalue weighted by molar-refractivity contribution is 8.15. The summed E-state index contributed by atoms with van der Waals surface area (Å²) in [7, 11) is 0. The largest absolute Gasteiger partial charge is 0.273 e. The number of amides is 2. The molecule has 1 aromatic rings. The minimum absolute atomic E-state index is 0.224. The Bertz CT molecular complexity index is 611. The smallest absolute Gasteiger partial charge is 0.266 e. The Hall–Kier alpha value is -1.95. The van der Waals surface area contributed by atoms with Crippen molar-refractivity contribution in [3.8, 4) is 0 Å². The zero-order valence-electron chi connectivity index (χ0n) is 12.8. The number of carbonyl (C=O) groups excluding carboxylic acids is 2. The third kappa shape index (κ3) is 3.82. The number of carbonyl (C=O) groups is 2. The molecule has 0 saturated carbocycles. The summed E-state index contributed by atoms with van der Waals surface area (Å²) in [4.78, 5) is 25.6. The molecule has 0 atom stereocenters. The van der Waals surface area contributed by atoms with E-state index >= 15 is 0 Å². The summed E-state index contributed by atoms with van der Waals surface area (Å²) in [6, 6.07) is 8.75. The SMILES string of the molecule is CCC/C(CC)=N\N=C1\SCC(=O)N1C(=O)c1ccccc1. The predicted octanol–water partition coefficient (Wildman–Crippen LogP) is 3.32. The second kappa shape index (κ2) is 7.89. The fraction of sp³-hybridized carbons (Fsp3) is 0.375. The highest BCUT2D eigenvalue weighted by atomic mass is 32.2. The van der Waals surface area contributed by atoms with Crippen LogP contribution >= 0.6 is 11.8 Å². The number of nitrogens with zero attached hydrogens (tertiary/aromatic N) is 3. The second-order valence-corrected chi connectivity index (χ2v) is 5.78. The van der Waals surface area contributed by atoms with E-state index < -0.39 is 0 Å². The number of thioether (sulfide) groups is 1. The summed E-state index contributed by atoms with van der Waals surface area (Å²) in [5.41, 5.74) is 1.45. The lowest BCUT2D eigenvalue weighted by atomic mass is 10.2. The molecule has 6 heteroatoms. The molecule has 0 bridgehead atoms. The molecule has 0 aromatic heterocycles. The Morgan fingerprint density at radius 3 is 2.64 bits per heavy atom. The molecule has 1 heterocycles. The second-order valence-electron chi connectivity index (χ2n) is 4.84. The van der Waals surface area contributed by atoms with Crippen molar-refractivity contribution in [2.45, 2.75) is 33.1 Å². The van der Waals surface area contributed by atoms with E-state index in [9.17, 15) is 9.59 Å². The summed E-state index contributed by atoms with van der Waals surface area (Å²) in [6.07, 6.45) is 2.69. The average Bonchev–Trinajstić information content (AvgIpc) is 2.92. The number of amidine groups is 1. The van der Waals surface area contributed by atoms with Crippen LogP contribution in [0.25, 0.3) is 0 Å². The van der Waals surface area contributed by atoms with Crippen molar-refractivity contribution in [1.29, 1.82) is 0 Å². The molecule has 1 saturated heterocycles. The molecule has 2 rings (SSSR count). The summed E-state index contributed by atoms with van der Waals surface area (Å²) in [5, 5.41) is 8.72. The zero-order chi connectivity index (χ0) is 15.9. The number of benzene rings is 1. The van der Waals surface area contributed by atoms with Crippen LogP contribution in [0, 0.1) is 0 Å². The van der Waals surface area contributed by atoms with E-state index in [-0.39, 0.29) is 17.6 Å². The molecule has 1 aliphatic heterocycles. The average molecular weight is 317 g/mol. The van der Waals surface area contributed by atoms with E-state index in [0.29, 0.717) is 10.7 Å². The van der Waals surface area contributed by atoms with Gasteiger partial charge in [0.2, 0.25) is 5.91 Å². The van der Waals surface area contributed by atoms with Gasteiger partial charge in [-0.1, -0.05) is 50.2 Å². The number of imide groups is 1. The van der Waals surface area contributed by atoms with Crippen molar-refractivity contribution in [1.82, 2.24) is 4.90 Å². The summed E-state index contributed by atoms with van der Waals surface area (Å²) in [5.74, 6) is -0.373. The molecule has 0 spiro atoms. The van der Waals surface area contributed by atoms with E-state index in [1.165, 1.54) is 11.8 Å². The molecular formula is C16H19N3O2S. The van der Waals surface area contributed by atoms with Crippen LogP contribution in [0.1, 0.15) is 43.5 Å². The van der Waals surface area contributed by atoms with Gasteiger partial charge in [-0.3, -0.25) is 9.59 Å². The van der Waals surface area contributed by atoms with Crippen LogP contribution in [-0.2, 0) is 4.79 Å². The van der Waals surface area contributed by atoms with E-state index in [1.54, 1.807) is 24.3 Å². The van der Waals surface area contributed by atoms with Crippen molar-refractivity contribution >= 4 is 34.5 Å². The lowest BCUT2D eigenvalue weighted by Crippen LogP contribution is -2.35. The number of hydrogen-bond donors (Lipinski definition) is 0. The Morgan fingerprint density at radius 2 is 2.00 bits per heavy atom. The van der Waals surface area contributed by atoms with Crippen molar-refractivity contribution in [3.63, 3.8) is 0 Å². The Morgan fingerprint density at radius 1 is 1.27 bits per heavy atom. The van der Waals surface area contributed by atoms with Gasteiger partial charge in [-0.05, 0) is 25.0 Å². The van der Waals surface area contributed by atoms with Crippen molar-refractivity contribution < 1.29 is 9.59 Å². The van der Waals surface area contributed by atoms with Crippen molar-refractivity contribution in [3.05, 3.63) is 35.9 Å². The highest BCUT2D eigenvalue weighted by Gasteiger charge is 2.34. The fourth-order valence-corrected chi connectivity index (χ4v) is 2.84. The maximum Gasteiger partial charge on any atom is 0.266 e. The van der Waals surface area contributed by atoms with Crippen LogP contribution in [0.4, 0.5) is 0 Å². The minimum Gasteiger partial charge on any atom is -0.273 e. The van der Waals surface area contributed by atoms with Crippen LogP contribution < -0.4 is 0 Å². The first kappa shape index (κ1) is 16.4. The molecule has 1 aliphatic rings. The van der Waals surface area contributed by atoms with Crippen molar-refractivity contribution in [2.24, 2.45) is 10.2 Å². The molecule has 0 N–H and O–H groups in total. The quantitative estimate of drug-likeness (QED) is 0.475. The zero-order valence-corrected chi connectivity index (χ0v) is 13.6. The lowest BCUT2D eigenvalue weighted by molar-refractivity contribution is -0.122. The molecule has 22 heavy (non-hydrogen) atoms. The highest BCUT2D eigenvalue weighted by Crippen LogP contribution is 2.22. The van der Waals surface area contributed by atoms with Gasteiger partial charge in [-0.25, -0.2) is 4.90 Å². The van der Waals surface area contributed by atoms with Crippen LogP contribution in [0.15, 0.2) is 40.5 Å². The summed E-state index contributed by atoms with van der Waals surface area (Å²) in [6.45, 7) is 4.10. The standard InChI is InChI=1S/C16H19N3O2S/c1-3-8-13(4-2)17-18-16-19(14(20)11-22-16)15(21)12-9-6-5-7-10-12/h5-7,9-10H,3-4,8,11H2,1-2H3/b17-13-,18-16+. The van der Waals surface area contributed by atoms with Crippen LogP contribution in [0.5, 0.6) is 0 Å². The van der Waals surface area contributed by atoms with Crippen molar-refractivity contribution in [2.75, 3.05) is 5.75 Å². The normalized spacial score (nSPS) is 17.4.